The summed E-state index contributed by atoms with van der Waals surface area (Å²) in [7, 11) is 3.22. The molecule has 0 N–H and O–H groups in total. The van der Waals surface area contributed by atoms with Crippen LogP contribution in [0.15, 0.2) is 47.4 Å². The van der Waals surface area contributed by atoms with Gasteiger partial charge in [-0.1, -0.05) is 18.2 Å². The van der Waals surface area contributed by atoms with E-state index in [9.17, 15) is 5.41 Å². The van der Waals surface area contributed by atoms with E-state index >= 15 is 0 Å². The van der Waals surface area contributed by atoms with Crippen molar-refractivity contribution in [3.8, 4) is 11.5 Å². The van der Waals surface area contributed by atoms with Gasteiger partial charge >= 0.3 is 18.9 Å². The average Bonchev–Trinajstić information content (AvgIpc) is 2.51. The summed E-state index contributed by atoms with van der Waals surface area (Å²) in [6, 6.07) is 13.8. The maximum atomic E-state index is 10.3. The third kappa shape index (κ3) is 2.84. The Morgan fingerprint density at radius 3 is 2.38 bits per heavy atom. The van der Waals surface area contributed by atoms with Crippen LogP contribution in [0.4, 0.5) is 0 Å². The maximum absolute atomic E-state index is 10.3. The Hall–Kier alpha value is -1.34. The summed E-state index contributed by atoms with van der Waals surface area (Å²) in [5, 5.41) is 10.2. The molecule has 0 amide bonds. The van der Waals surface area contributed by atoms with Crippen molar-refractivity contribution >= 4 is 17.5 Å². The Balaban J connectivity index is 0.00000161. The summed E-state index contributed by atoms with van der Waals surface area (Å²) < 4.78 is 10.6. The zero-order valence-corrected chi connectivity index (χ0v) is 13.1. The van der Waals surface area contributed by atoms with Crippen molar-refractivity contribution < 1.29 is 28.3 Å². The van der Waals surface area contributed by atoms with Crippen LogP contribution in [0.1, 0.15) is 16.4 Å². The largest absolute Gasteiger partial charge is 1.00 e. The summed E-state index contributed by atoms with van der Waals surface area (Å²) in [5.41, 5.74) is 2.21. The molecule has 0 spiro atoms. The van der Waals surface area contributed by atoms with Gasteiger partial charge in [0.15, 0.2) is 0 Å². The SMILES string of the molecule is COc1cc(OC)c2c(c1)C(Sc1ccccc1)C2=[N-].[Li+]. The first-order valence-corrected chi connectivity index (χ1v) is 7.16. The van der Waals surface area contributed by atoms with Crippen LogP contribution in [0.25, 0.3) is 5.41 Å². The normalized spacial score (nSPS) is 15.5. The van der Waals surface area contributed by atoms with Gasteiger partial charge < -0.3 is 14.9 Å². The molecule has 2 aromatic rings. The molecule has 0 heterocycles. The number of hydrogen-bond acceptors (Lipinski definition) is 3. The maximum Gasteiger partial charge on any atom is 1.00 e. The van der Waals surface area contributed by atoms with E-state index in [2.05, 4.69) is 0 Å². The van der Waals surface area contributed by atoms with Gasteiger partial charge in [-0.25, -0.2) is 0 Å². The molecule has 0 aromatic heterocycles. The molecule has 0 saturated carbocycles. The van der Waals surface area contributed by atoms with Crippen LogP contribution in [-0.2, 0) is 0 Å². The monoisotopic (exact) mass is 291 g/mol. The van der Waals surface area contributed by atoms with E-state index in [1.165, 1.54) is 0 Å². The molecule has 0 aliphatic heterocycles. The first-order valence-electron chi connectivity index (χ1n) is 6.28. The summed E-state index contributed by atoms with van der Waals surface area (Å²) in [6.07, 6.45) is 0. The molecule has 0 radical (unpaired) electrons. The standard InChI is InChI=1S/C16H14NO2S.Li/c1-18-10-8-12-14(13(9-10)19-2)15(17)16(12)20-11-6-4-3-5-7-11;/h3-9,16H,1-2H3;/q-1;+1. The zero-order valence-electron chi connectivity index (χ0n) is 12.3. The third-order valence-electron chi connectivity index (χ3n) is 3.35. The topological polar surface area (TPSA) is 40.8 Å². The second-order valence-corrected chi connectivity index (χ2v) is 5.67. The second-order valence-electron chi connectivity index (χ2n) is 4.49. The molecule has 21 heavy (non-hydrogen) atoms. The van der Waals surface area contributed by atoms with Crippen LogP contribution in [0.3, 0.4) is 0 Å². The minimum Gasteiger partial charge on any atom is -0.806 e. The minimum absolute atomic E-state index is 0. The third-order valence-corrected chi connectivity index (χ3v) is 4.60. The van der Waals surface area contributed by atoms with Crippen LogP contribution in [-0.4, -0.2) is 19.9 Å². The van der Waals surface area contributed by atoms with E-state index in [1.807, 2.05) is 36.4 Å². The predicted molar refractivity (Wildman–Crippen MR) is 82.1 cm³/mol. The zero-order chi connectivity index (χ0) is 14.1. The number of methoxy groups -OCH3 is 2. The molecule has 0 fully saturated rings. The number of thioether (sulfide) groups is 1. The van der Waals surface area contributed by atoms with Gasteiger partial charge in [0.1, 0.15) is 11.5 Å². The summed E-state index contributed by atoms with van der Waals surface area (Å²) in [6.45, 7) is 0. The van der Waals surface area contributed by atoms with Gasteiger partial charge in [-0.05, 0) is 23.8 Å². The fourth-order valence-electron chi connectivity index (χ4n) is 2.33. The van der Waals surface area contributed by atoms with E-state index in [-0.39, 0.29) is 24.1 Å². The van der Waals surface area contributed by atoms with Crippen LogP contribution < -0.4 is 28.3 Å². The van der Waals surface area contributed by atoms with Crippen LogP contribution in [0, 0.1) is 0 Å². The van der Waals surface area contributed by atoms with Gasteiger partial charge in [-0.3, -0.25) is 0 Å². The van der Waals surface area contributed by atoms with Gasteiger partial charge in [-0.15, -0.1) is 11.8 Å². The Bertz CT molecular complexity index is 661. The Morgan fingerprint density at radius 2 is 1.76 bits per heavy atom. The molecule has 3 rings (SSSR count). The van der Waals surface area contributed by atoms with Crippen molar-refractivity contribution in [2.45, 2.75) is 10.1 Å². The minimum atomic E-state index is -0.0589. The van der Waals surface area contributed by atoms with Crippen molar-refractivity contribution in [2.75, 3.05) is 14.2 Å². The molecule has 1 unspecified atom stereocenters. The molecule has 2 aromatic carbocycles. The fourth-order valence-corrected chi connectivity index (χ4v) is 3.45. The van der Waals surface area contributed by atoms with Crippen LogP contribution in [0.2, 0.25) is 0 Å². The van der Waals surface area contributed by atoms with Gasteiger partial charge in [0.25, 0.3) is 0 Å². The summed E-state index contributed by atoms with van der Waals surface area (Å²) in [5.74, 6) is 1.40. The average molecular weight is 291 g/mol. The van der Waals surface area contributed by atoms with E-state index in [0.717, 1.165) is 21.8 Å². The molecule has 102 valence electrons. The number of fused-ring (bicyclic) bond motifs is 1. The van der Waals surface area contributed by atoms with Crippen LogP contribution >= 0.6 is 11.8 Å². The molecular formula is C16H14LiNO2S. The quantitative estimate of drug-likeness (QED) is 0.786. The molecule has 0 bridgehead atoms. The Morgan fingerprint density at radius 1 is 1.05 bits per heavy atom. The van der Waals surface area contributed by atoms with Crippen molar-refractivity contribution in [1.82, 2.24) is 0 Å². The molecule has 5 heteroatoms. The van der Waals surface area contributed by atoms with E-state index in [0.29, 0.717) is 11.5 Å². The number of rotatable bonds is 4. The predicted octanol–water partition coefficient (Wildman–Crippen LogP) is 0.913. The fraction of sp³-hybridized carbons (Fsp3) is 0.188. The number of ether oxygens (including phenoxy) is 2. The Labute approximate surface area is 140 Å². The molecule has 3 nitrogen and oxygen atoms in total. The van der Waals surface area contributed by atoms with Crippen molar-refractivity contribution in [2.24, 2.45) is 0 Å². The van der Waals surface area contributed by atoms with Gasteiger partial charge in [0.2, 0.25) is 0 Å². The van der Waals surface area contributed by atoms with E-state index in [1.54, 1.807) is 32.0 Å². The summed E-state index contributed by atoms with van der Waals surface area (Å²) in [4.78, 5) is 1.12. The first kappa shape index (κ1) is 16.0. The van der Waals surface area contributed by atoms with Crippen molar-refractivity contribution in [3.05, 3.63) is 59.0 Å². The van der Waals surface area contributed by atoms with Crippen LogP contribution in [0.5, 0.6) is 11.5 Å². The Kier molecular flexibility index (Phi) is 5.05. The summed E-state index contributed by atoms with van der Waals surface area (Å²) >= 11 is 1.62. The van der Waals surface area contributed by atoms with Gasteiger partial charge in [-0.2, -0.15) is 5.71 Å². The smallest absolute Gasteiger partial charge is 0.806 e. The van der Waals surface area contributed by atoms with Crippen molar-refractivity contribution in [3.63, 3.8) is 0 Å². The van der Waals surface area contributed by atoms with Crippen molar-refractivity contribution in [1.29, 1.82) is 0 Å². The molecule has 1 atom stereocenters. The van der Waals surface area contributed by atoms with E-state index in [4.69, 9.17) is 9.47 Å². The first-order chi connectivity index (χ1) is 9.74. The molecule has 0 saturated heterocycles. The number of nitrogens with zero attached hydrogens (tertiary/aromatic N) is 1. The van der Waals surface area contributed by atoms with Gasteiger partial charge in [0, 0.05) is 21.8 Å². The molecular weight excluding hydrogens is 277 g/mol. The molecule has 1 aliphatic rings. The van der Waals surface area contributed by atoms with E-state index < -0.39 is 0 Å². The van der Waals surface area contributed by atoms with Gasteiger partial charge in [0.05, 0.1) is 14.2 Å². The number of benzene rings is 2. The second kappa shape index (κ2) is 6.61. The number of hydrogen-bond donors (Lipinski definition) is 0. The molecule has 1 aliphatic carbocycles.